The highest BCUT2D eigenvalue weighted by Crippen LogP contribution is 2.28. The minimum Gasteiger partial charge on any atom is -0.313 e. The van der Waals surface area contributed by atoms with Gasteiger partial charge in [-0.05, 0) is 19.9 Å². The van der Waals surface area contributed by atoms with E-state index in [1.54, 1.807) is 13.1 Å². The Kier molecular flexibility index (Phi) is 3.09. The van der Waals surface area contributed by atoms with Gasteiger partial charge in [-0.15, -0.1) is 11.3 Å². The summed E-state index contributed by atoms with van der Waals surface area (Å²) in [5.41, 5.74) is 0. The molecule has 1 saturated heterocycles. The van der Waals surface area contributed by atoms with Crippen molar-refractivity contribution in [2.75, 3.05) is 20.1 Å². The third kappa shape index (κ3) is 1.90. The zero-order valence-electron chi connectivity index (χ0n) is 9.65. The molecule has 4 nitrogen and oxygen atoms in total. The summed E-state index contributed by atoms with van der Waals surface area (Å²) in [5, 5.41) is 3.08. The Morgan fingerprint density at radius 3 is 2.44 bits per heavy atom. The molecule has 0 spiro atoms. The van der Waals surface area contributed by atoms with E-state index in [1.807, 2.05) is 13.8 Å². The van der Waals surface area contributed by atoms with Gasteiger partial charge >= 0.3 is 0 Å². The van der Waals surface area contributed by atoms with Crippen LogP contribution >= 0.6 is 11.3 Å². The number of nitrogens with one attached hydrogen (secondary N) is 1. The average Bonchev–Trinajstić information content (AvgIpc) is 2.42. The summed E-state index contributed by atoms with van der Waals surface area (Å²) >= 11 is 1.53. The van der Waals surface area contributed by atoms with Crippen molar-refractivity contribution in [3.8, 4) is 0 Å². The van der Waals surface area contributed by atoms with Gasteiger partial charge in [-0.1, -0.05) is 0 Å². The molecule has 2 heterocycles. The fourth-order valence-electron chi connectivity index (χ4n) is 1.75. The average molecular weight is 260 g/mol. The molecule has 0 atom stereocenters. The summed E-state index contributed by atoms with van der Waals surface area (Å²) in [7, 11) is -1.65. The Morgan fingerprint density at radius 2 is 2.06 bits per heavy atom. The first-order valence-corrected chi connectivity index (χ1v) is 7.44. The van der Waals surface area contributed by atoms with Gasteiger partial charge in [0.05, 0.1) is 4.90 Å². The first-order chi connectivity index (χ1) is 7.43. The summed E-state index contributed by atoms with van der Waals surface area (Å²) in [6, 6.07) is 1.86. The molecular formula is C10H16N2O2S2. The molecule has 6 heteroatoms. The van der Waals surface area contributed by atoms with Crippen molar-refractivity contribution in [2.45, 2.75) is 24.8 Å². The molecule has 0 aliphatic carbocycles. The molecule has 90 valence electrons. The van der Waals surface area contributed by atoms with Crippen LogP contribution < -0.4 is 5.32 Å². The molecule has 0 amide bonds. The van der Waals surface area contributed by atoms with E-state index in [-0.39, 0.29) is 6.04 Å². The summed E-state index contributed by atoms with van der Waals surface area (Å²) in [6.45, 7) is 5.29. The molecule has 0 unspecified atom stereocenters. The quantitative estimate of drug-likeness (QED) is 0.880. The molecule has 16 heavy (non-hydrogen) atoms. The maximum absolute atomic E-state index is 12.3. The van der Waals surface area contributed by atoms with Gasteiger partial charge in [0, 0.05) is 35.9 Å². The molecule has 0 radical (unpaired) electrons. The smallest absolute Gasteiger partial charge is 0.244 e. The van der Waals surface area contributed by atoms with Crippen molar-refractivity contribution < 1.29 is 8.42 Å². The highest BCUT2D eigenvalue weighted by Gasteiger charge is 2.33. The molecule has 1 fully saturated rings. The number of aryl methyl sites for hydroxylation is 2. The first kappa shape index (κ1) is 12.0. The number of thiophene rings is 1. The molecule has 0 aromatic carbocycles. The first-order valence-electron chi connectivity index (χ1n) is 5.18. The minimum atomic E-state index is -3.31. The molecular weight excluding hydrogens is 244 g/mol. The maximum atomic E-state index is 12.3. The van der Waals surface area contributed by atoms with E-state index in [1.165, 1.54) is 15.6 Å². The predicted molar refractivity (Wildman–Crippen MR) is 65.4 cm³/mol. The van der Waals surface area contributed by atoms with Crippen LogP contribution in [0.25, 0.3) is 0 Å². The minimum absolute atomic E-state index is 0.101. The van der Waals surface area contributed by atoms with Crippen LogP contribution in [0.2, 0.25) is 0 Å². The van der Waals surface area contributed by atoms with E-state index in [9.17, 15) is 8.42 Å². The topological polar surface area (TPSA) is 49.4 Å². The van der Waals surface area contributed by atoms with E-state index >= 15 is 0 Å². The van der Waals surface area contributed by atoms with Gasteiger partial charge in [0.15, 0.2) is 0 Å². The number of sulfonamides is 1. The van der Waals surface area contributed by atoms with Crippen LogP contribution in [-0.2, 0) is 10.0 Å². The molecule has 0 bridgehead atoms. The van der Waals surface area contributed by atoms with Crippen molar-refractivity contribution in [3.05, 3.63) is 15.8 Å². The lowest BCUT2D eigenvalue weighted by Gasteiger charge is -2.34. The Labute approximate surface area is 100 Å². The van der Waals surface area contributed by atoms with Gasteiger partial charge in [0.25, 0.3) is 0 Å². The normalized spacial score (nSPS) is 17.8. The second kappa shape index (κ2) is 4.10. The van der Waals surface area contributed by atoms with Gasteiger partial charge in [-0.3, -0.25) is 0 Å². The van der Waals surface area contributed by atoms with Crippen LogP contribution in [0.4, 0.5) is 0 Å². The number of hydrogen-bond donors (Lipinski definition) is 1. The number of likely N-dealkylation sites (N-methyl/N-ethyl adjacent to an activating group) is 1. The monoisotopic (exact) mass is 260 g/mol. The van der Waals surface area contributed by atoms with Crippen molar-refractivity contribution >= 4 is 21.4 Å². The largest absolute Gasteiger partial charge is 0.313 e. The van der Waals surface area contributed by atoms with Gasteiger partial charge < -0.3 is 5.32 Å². The van der Waals surface area contributed by atoms with E-state index in [0.717, 1.165) is 22.8 Å². The number of nitrogens with zero attached hydrogens (tertiary/aromatic N) is 1. The fourth-order valence-corrected chi connectivity index (χ4v) is 4.62. The fraction of sp³-hybridized carbons (Fsp3) is 0.600. The summed E-state index contributed by atoms with van der Waals surface area (Å²) in [4.78, 5) is 2.37. The van der Waals surface area contributed by atoms with Crippen LogP contribution in [0.5, 0.6) is 0 Å². The van der Waals surface area contributed by atoms with Crippen LogP contribution in [-0.4, -0.2) is 38.9 Å². The Hall–Kier alpha value is -0.430. The molecule has 1 aliphatic heterocycles. The molecule has 1 N–H and O–H groups in total. The van der Waals surface area contributed by atoms with Crippen molar-refractivity contribution in [3.63, 3.8) is 0 Å². The molecule has 1 aliphatic rings. The summed E-state index contributed by atoms with van der Waals surface area (Å²) in [6.07, 6.45) is 0. The van der Waals surface area contributed by atoms with E-state index in [2.05, 4.69) is 5.32 Å². The van der Waals surface area contributed by atoms with Gasteiger partial charge in [-0.25, -0.2) is 8.42 Å². The Balaban J connectivity index is 2.34. The highest BCUT2D eigenvalue weighted by atomic mass is 32.2. The van der Waals surface area contributed by atoms with Crippen LogP contribution in [0.15, 0.2) is 11.0 Å². The van der Waals surface area contributed by atoms with Gasteiger partial charge in [-0.2, -0.15) is 4.31 Å². The molecule has 2 rings (SSSR count). The summed E-state index contributed by atoms with van der Waals surface area (Å²) < 4.78 is 26.1. The zero-order valence-corrected chi connectivity index (χ0v) is 11.3. The van der Waals surface area contributed by atoms with Gasteiger partial charge in [0.1, 0.15) is 0 Å². The maximum Gasteiger partial charge on any atom is 0.244 e. The lowest BCUT2D eigenvalue weighted by Crippen LogP contribution is -2.57. The van der Waals surface area contributed by atoms with E-state index in [0.29, 0.717) is 4.90 Å². The van der Waals surface area contributed by atoms with Crippen molar-refractivity contribution in [1.82, 2.24) is 9.62 Å². The number of hydrogen-bond acceptors (Lipinski definition) is 4. The lowest BCUT2D eigenvalue weighted by atomic mass is 10.2. The Morgan fingerprint density at radius 1 is 1.44 bits per heavy atom. The number of rotatable bonds is 3. The van der Waals surface area contributed by atoms with Crippen molar-refractivity contribution in [1.29, 1.82) is 0 Å². The lowest BCUT2D eigenvalue weighted by molar-refractivity contribution is 0.274. The standard InChI is InChI=1S/C10H16N2O2S2/c1-7-4-10(8(2)15-7)16(13,14)12(3)9-5-11-6-9/h4,9,11H,5-6H2,1-3H3. The van der Waals surface area contributed by atoms with Gasteiger partial charge in [0.2, 0.25) is 10.0 Å². The van der Waals surface area contributed by atoms with Crippen molar-refractivity contribution in [2.24, 2.45) is 0 Å². The SMILES string of the molecule is Cc1cc(S(=O)(=O)N(C)C2CNC2)c(C)s1. The second-order valence-corrected chi connectivity index (χ2v) is 7.54. The third-order valence-electron chi connectivity index (χ3n) is 2.93. The zero-order chi connectivity index (χ0) is 11.9. The van der Waals surface area contributed by atoms with Crippen LogP contribution in [0.1, 0.15) is 9.75 Å². The van der Waals surface area contributed by atoms with Crippen LogP contribution in [0, 0.1) is 13.8 Å². The van der Waals surface area contributed by atoms with E-state index in [4.69, 9.17) is 0 Å². The molecule has 1 aromatic heterocycles. The Bertz CT molecular complexity index is 489. The second-order valence-electron chi connectivity index (χ2n) is 4.11. The molecule has 0 saturated carbocycles. The van der Waals surface area contributed by atoms with Crippen LogP contribution in [0.3, 0.4) is 0 Å². The third-order valence-corrected chi connectivity index (χ3v) is 6.06. The predicted octanol–water partition coefficient (Wildman–Crippen LogP) is 0.957. The van der Waals surface area contributed by atoms with E-state index < -0.39 is 10.0 Å². The summed E-state index contributed by atoms with van der Waals surface area (Å²) in [5.74, 6) is 0. The molecule has 1 aromatic rings. The highest BCUT2D eigenvalue weighted by molar-refractivity contribution is 7.89.